The summed E-state index contributed by atoms with van der Waals surface area (Å²) in [6, 6.07) is 12.1. The molecule has 0 heterocycles. The molecule has 0 fully saturated rings. The Kier molecular flexibility index (Phi) is 10.5. The van der Waals surface area contributed by atoms with Gasteiger partial charge in [-0.2, -0.15) is 4.31 Å². The molecule has 0 aliphatic carbocycles. The van der Waals surface area contributed by atoms with Crippen LogP contribution in [0.25, 0.3) is 0 Å². The molecule has 1 N–H and O–H groups in total. The first-order valence-corrected chi connectivity index (χ1v) is 13.3. The number of ether oxygens (including phenoxy) is 1. The number of amides is 2. The summed E-state index contributed by atoms with van der Waals surface area (Å²) >= 11 is 5.88. The zero-order valence-corrected chi connectivity index (χ0v) is 22.4. The van der Waals surface area contributed by atoms with Crippen molar-refractivity contribution in [3.63, 3.8) is 0 Å². The molecule has 0 saturated heterocycles. The van der Waals surface area contributed by atoms with Crippen LogP contribution in [0.4, 0.5) is 0 Å². The fraction of sp³-hybridized carbons (Fsp3) is 0.440. The van der Waals surface area contributed by atoms with Crippen LogP contribution in [0.2, 0.25) is 5.02 Å². The van der Waals surface area contributed by atoms with E-state index in [2.05, 4.69) is 5.32 Å². The average Bonchev–Trinajstić information content (AvgIpc) is 2.84. The number of rotatable bonds is 12. The third-order valence-electron chi connectivity index (χ3n) is 5.78. The first kappa shape index (κ1) is 28.6. The van der Waals surface area contributed by atoms with E-state index >= 15 is 0 Å². The van der Waals surface area contributed by atoms with Gasteiger partial charge in [-0.05, 0) is 61.7 Å². The lowest BCUT2D eigenvalue weighted by molar-refractivity contribution is -0.141. The van der Waals surface area contributed by atoms with Gasteiger partial charge < -0.3 is 15.0 Å². The maximum Gasteiger partial charge on any atom is 0.243 e. The Hall–Kier alpha value is -2.62. The Labute approximate surface area is 213 Å². The number of hydrogen-bond donors (Lipinski definition) is 1. The van der Waals surface area contributed by atoms with Crippen molar-refractivity contribution >= 4 is 33.4 Å². The lowest BCUT2D eigenvalue weighted by Gasteiger charge is -2.32. The number of benzene rings is 2. The van der Waals surface area contributed by atoms with Gasteiger partial charge in [0.2, 0.25) is 21.8 Å². The average molecular weight is 524 g/mol. The smallest absolute Gasteiger partial charge is 0.243 e. The minimum Gasteiger partial charge on any atom is -0.497 e. The van der Waals surface area contributed by atoms with E-state index in [9.17, 15) is 18.0 Å². The molecule has 2 aromatic carbocycles. The summed E-state index contributed by atoms with van der Waals surface area (Å²) in [5.41, 5.74) is 0.789. The van der Waals surface area contributed by atoms with Crippen LogP contribution in [0.1, 0.15) is 39.2 Å². The lowest BCUT2D eigenvalue weighted by Crippen LogP contribution is -2.53. The third-order valence-corrected chi connectivity index (χ3v) is 7.85. The molecule has 2 amide bonds. The second-order valence-electron chi connectivity index (χ2n) is 8.33. The molecule has 0 aromatic heterocycles. The Morgan fingerprint density at radius 1 is 1.03 bits per heavy atom. The number of nitrogens with one attached hydrogen (secondary N) is 1. The number of halogens is 1. The topological polar surface area (TPSA) is 96.0 Å². The zero-order valence-electron chi connectivity index (χ0n) is 20.8. The normalized spacial score (nSPS) is 13.2. The highest BCUT2D eigenvalue weighted by atomic mass is 35.5. The highest BCUT2D eigenvalue weighted by Gasteiger charge is 2.32. The molecular weight excluding hydrogens is 490 g/mol. The maximum atomic E-state index is 13.5. The van der Waals surface area contributed by atoms with Gasteiger partial charge in [-0.25, -0.2) is 8.42 Å². The second kappa shape index (κ2) is 12.9. The predicted molar refractivity (Wildman–Crippen MR) is 137 cm³/mol. The molecule has 2 unspecified atom stereocenters. The first-order chi connectivity index (χ1) is 16.5. The van der Waals surface area contributed by atoms with E-state index in [0.717, 1.165) is 16.3 Å². The van der Waals surface area contributed by atoms with Gasteiger partial charge in [0.1, 0.15) is 11.8 Å². The predicted octanol–water partition coefficient (Wildman–Crippen LogP) is 3.69. The monoisotopic (exact) mass is 523 g/mol. The molecule has 0 saturated carbocycles. The zero-order chi connectivity index (χ0) is 26.2. The van der Waals surface area contributed by atoms with E-state index in [4.69, 9.17) is 16.3 Å². The molecule has 0 bridgehead atoms. The first-order valence-electron chi connectivity index (χ1n) is 11.5. The molecule has 0 aliphatic heterocycles. The van der Waals surface area contributed by atoms with Crippen LogP contribution < -0.4 is 10.1 Å². The van der Waals surface area contributed by atoms with Crippen LogP contribution in [0.15, 0.2) is 53.4 Å². The van der Waals surface area contributed by atoms with E-state index in [1.165, 1.54) is 36.2 Å². The van der Waals surface area contributed by atoms with Gasteiger partial charge in [0.15, 0.2) is 0 Å². The number of likely N-dealkylation sites (N-methyl/N-ethyl adjacent to an activating group) is 1. The number of nitrogens with zero attached hydrogens (tertiary/aromatic N) is 2. The summed E-state index contributed by atoms with van der Waals surface area (Å²) < 4.78 is 32.2. The van der Waals surface area contributed by atoms with E-state index in [1.807, 2.05) is 32.9 Å². The summed E-state index contributed by atoms with van der Waals surface area (Å²) in [5.74, 6) is -0.0825. The fourth-order valence-electron chi connectivity index (χ4n) is 3.44. The highest BCUT2D eigenvalue weighted by Crippen LogP contribution is 2.20. The largest absolute Gasteiger partial charge is 0.497 e. The van der Waals surface area contributed by atoms with Crippen molar-refractivity contribution in [1.29, 1.82) is 0 Å². The minimum atomic E-state index is -3.93. The summed E-state index contributed by atoms with van der Waals surface area (Å²) in [6.07, 6.45) is 1.12. The molecule has 2 atom stereocenters. The molecule has 2 aromatic rings. The van der Waals surface area contributed by atoms with E-state index in [-0.39, 0.29) is 23.4 Å². The maximum absolute atomic E-state index is 13.5. The van der Waals surface area contributed by atoms with E-state index in [1.54, 1.807) is 19.2 Å². The van der Waals surface area contributed by atoms with Gasteiger partial charge in [0, 0.05) is 24.7 Å². The van der Waals surface area contributed by atoms with Crippen molar-refractivity contribution < 1.29 is 22.7 Å². The Balaban J connectivity index is 2.32. The van der Waals surface area contributed by atoms with Gasteiger partial charge in [-0.3, -0.25) is 9.59 Å². The second-order valence-corrected chi connectivity index (χ2v) is 10.8. The molecule has 2 rings (SSSR count). The molecular formula is C25H34ClN3O5S. The molecule has 10 heteroatoms. The molecule has 0 radical (unpaired) electrons. The lowest BCUT2D eigenvalue weighted by atomic mass is 10.1. The van der Waals surface area contributed by atoms with Gasteiger partial charge in [-0.1, -0.05) is 37.6 Å². The number of carbonyl (C=O) groups is 2. The number of carbonyl (C=O) groups excluding carboxylic acids is 2. The van der Waals surface area contributed by atoms with Crippen LogP contribution in [0, 0.1) is 0 Å². The molecule has 35 heavy (non-hydrogen) atoms. The van der Waals surface area contributed by atoms with Gasteiger partial charge in [0.05, 0.1) is 18.6 Å². The third kappa shape index (κ3) is 7.68. The summed E-state index contributed by atoms with van der Waals surface area (Å²) in [5, 5.41) is 3.35. The van der Waals surface area contributed by atoms with E-state index < -0.39 is 28.5 Å². The molecule has 0 aliphatic rings. The summed E-state index contributed by atoms with van der Waals surface area (Å²) in [7, 11) is -1.03. The highest BCUT2D eigenvalue weighted by molar-refractivity contribution is 7.89. The minimum absolute atomic E-state index is 0.0282. The Morgan fingerprint density at radius 2 is 1.63 bits per heavy atom. The van der Waals surface area contributed by atoms with Gasteiger partial charge >= 0.3 is 0 Å². The quantitative estimate of drug-likeness (QED) is 0.457. The summed E-state index contributed by atoms with van der Waals surface area (Å²) in [6.45, 7) is 5.40. The van der Waals surface area contributed by atoms with Crippen molar-refractivity contribution in [2.75, 3.05) is 20.7 Å². The fourth-order valence-corrected chi connectivity index (χ4v) is 4.69. The van der Waals surface area contributed by atoms with Crippen LogP contribution in [-0.2, 0) is 26.2 Å². The van der Waals surface area contributed by atoms with Crippen molar-refractivity contribution in [2.24, 2.45) is 0 Å². The van der Waals surface area contributed by atoms with Crippen LogP contribution in [0.3, 0.4) is 0 Å². The Bertz CT molecular complexity index is 1090. The van der Waals surface area contributed by atoms with Crippen LogP contribution in [-0.4, -0.2) is 62.2 Å². The number of sulfonamides is 1. The van der Waals surface area contributed by atoms with Crippen molar-refractivity contribution in [3.05, 3.63) is 59.1 Å². The van der Waals surface area contributed by atoms with Crippen LogP contribution in [0.5, 0.6) is 5.75 Å². The molecule has 0 spiro atoms. The SMILES string of the molecule is CCC(C)NC(=O)C(CC)N(Cc1ccc(OC)cc1)C(=O)CN(C)S(=O)(=O)c1ccc(Cl)cc1. The number of methoxy groups -OCH3 is 1. The van der Waals surface area contributed by atoms with Crippen LogP contribution >= 0.6 is 11.6 Å². The Morgan fingerprint density at radius 3 is 2.14 bits per heavy atom. The van der Waals surface area contributed by atoms with Crippen molar-refractivity contribution in [3.8, 4) is 5.75 Å². The van der Waals surface area contributed by atoms with E-state index in [0.29, 0.717) is 17.2 Å². The van der Waals surface area contributed by atoms with Crippen molar-refractivity contribution in [1.82, 2.24) is 14.5 Å². The van der Waals surface area contributed by atoms with Gasteiger partial charge in [0.25, 0.3) is 0 Å². The summed E-state index contributed by atoms with van der Waals surface area (Å²) in [4.78, 5) is 28.0. The van der Waals surface area contributed by atoms with Crippen molar-refractivity contribution in [2.45, 2.75) is 57.1 Å². The molecule has 192 valence electrons. The molecule has 8 nitrogen and oxygen atoms in total. The van der Waals surface area contributed by atoms with Gasteiger partial charge in [-0.15, -0.1) is 0 Å². The number of hydrogen-bond acceptors (Lipinski definition) is 5. The standard InChI is InChI=1S/C25H34ClN3O5S/c1-6-18(3)27-25(31)23(7-2)29(16-19-8-12-21(34-5)13-9-19)24(30)17-28(4)35(32,33)22-14-10-20(26)11-15-22/h8-15,18,23H,6-7,16-17H2,1-5H3,(H,27,31).